The lowest BCUT2D eigenvalue weighted by Crippen LogP contribution is -2.05. The Morgan fingerprint density at radius 3 is 2.65 bits per heavy atom. The van der Waals surface area contributed by atoms with Crippen LogP contribution in [0.15, 0.2) is 30.3 Å². The van der Waals surface area contributed by atoms with Crippen molar-refractivity contribution in [1.82, 2.24) is 0 Å². The van der Waals surface area contributed by atoms with E-state index in [9.17, 15) is 13.6 Å². The van der Waals surface area contributed by atoms with Crippen LogP contribution < -0.4 is 10.5 Å². The van der Waals surface area contributed by atoms with Gasteiger partial charge in [-0.3, -0.25) is 0 Å². The first-order valence-corrected chi connectivity index (χ1v) is 6.44. The Morgan fingerprint density at radius 1 is 1.35 bits per heavy atom. The van der Waals surface area contributed by atoms with Gasteiger partial charge in [0.1, 0.15) is 5.75 Å². The maximum Gasteiger partial charge on any atom is 0.387 e. The van der Waals surface area contributed by atoms with Crippen LogP contribution >= 0.6 is 11.3 Å². The Balaban J connectivity index is 2.47. The van der Waals surface area contributed by atoms with E-state index in [0.717, 1.165) is 10.9 Å². The van der Waals surface area contributed by atoms with E-state index < -0.39 is 12.6 Å². The third-order valence-corrected chi connectivity index (χ3v) is 3.71. The molecule has 3 N–H and O–H groups in total. The smallest absolute Gasteiger partial charge is 0.387 e. The minimum Gasteiger partial charge on any atom is -0.478 e. The van der Waals surface area contributed by atoms with Gasteiger partial charge in [-0.1, -0.05) is 0 Å². The van der Waals surface area contributed by atoms with Crippen LogP contribution in [0.25, 0.3) is 10.4 Å². The van der Waals surface area contributed by atoms with Crippen LogP contribution in [0, 0.1) is 0 Å². The molecule has 0 aliphatic carbocycles. The minimum absolute atomic E-state index is 0.111. The number of carbonyl (C=O) groups is 1. The van der Waals surface area contributed by atoms with Crippen molar-refractivity contribution < 1.29 is 23.4 Å². The highest BCUT2D eigenvalue weighted by molar-refractivity contribution is 7.15. The lowest BCUT2D eigenvalue weighted by molar-refractivity contribution is -0.0495. The highest BCUT2D eigenvalue weighted by atomic mass is 32.1. The van der Waals surface area contributed by atoms with Crippen LogP contribution in [0.5, 0.6) is 5.75 Å². The zero-order chi connectivity index (χ0) is 14.7. The molecule has 0 saturated heterocycles. The molecule has 4 nitrogen and oxygen atoms in total. The quantitative estimate of drug-likeness (QED) is 0.889. The fraction of sp³-hybridized carbons (Fsp3) is 0.154. The summed E-state index contributed by atoms with van der Waals surface area (Å²) in [5, 5.41) is 8.89. The molecule has 20 heavy (non-hydrogen) atoms. The predicted octanol–water partition coefficient (Wildman–Crippen LogP) is 3.17. The van der Waals surface area contributed by atoms with E-state index in [1.807, 2.05) is 0 Å². The van der Waals surface area contributed by atoms with Crippen LogP contribution in [-0.4, -0.2) is 17.7 Å². The van der Waals surface area contributed by atoms with E-state index in [-0.39, 0.29) is 11.3 Å². The highest BCUT2D eigenvalue weighted by Crippen LogP contribution is 2.36. The summed E-state index contributed by atoms with van der Waals surface area (Å²) in [4.78, 5) is 12.5. The third kappa shape index (κ3) is 3.12. The minimum atomic E-state index is -3.02. The van der Waals surface area contributed by atoms with E-state index in [4.69, 9.17) is 10.8 Å². The molecule has 2 aromatic rings. The fourth-order valence-electron chi connectivity index (χ4n) is 1.68. The van der Waals surface area contributed by atoms with Crippen LogP contribution in [-0.2, 0) is 6.54 Å². The van der Waals surface area contributed by atoms with Gasteiger partial charge in [-0.25, -0.2) is 4.79 Å². The molecule has 2 rings (SSSR count). The lowest BCUT2D eigenvalue weighted by Gasteiger charge is -2.10. The molecule has 106 valence electrons. The van der Waals surface area contributed by atoms with E-state index in [2.05, 4.69) is 4.74 Å². The predicted molar refractivity (Wildman–Crippen MR) is 71.2 cm³/mol. The van der Waals surface area contributed by atoms with Crippen molar-refractivity contribution >= 4 is 17.3 Å². The second-order valence-electron chi connectivity index (χ2n) is 3.86. The number of benzene rings is 1. The average molecular weight is 299 g/mol. The summed E-state index contributed by atoms with van der Waals surface area (Å²) in [6, 6.07) is 7.41. The maximum atomic E-state index is 12.4. The molecule has 0 fully saturated rings. The van der Waals surface area contributed by atoms with Crippen LogP contribution in [0.4, 0.5) is 8.78 Å². The summed E-state index contributed by atoms with van der Waals surface area (Å²) in [7, 11) is 0. The number of thiophene rings is 1. The molecule has 7 heteroatoms. The van der Waals surface area contributed by atoms with Crippen molar-refractivity contribution in [3.8, 4) is 16.2 Å². The zero-order valence-corrected chi connectivity index (χ0v) is 11.0. The average Bonchev–Trinajstić information content (AvgIpc) is 2.86. The Kier molecular flexibility index (Phi) is 4.31. The summed E-state index contributed by atoms with van der Waals surface area (Å²) in [5.41, 5.74) is 5.81. The second-order valence-corrected chi connectivity index (χ2v) is 5.03. The van der Waals surface area contributed by atoms with Gasteiger partial charge in [0.05, 0.1) is 5.56 Å². The summed E-state index contributed by atoms with van der Waals surface area (Å²) < 4.78 is 29.3. The zero-order valence-electron chi connectivity index (χ0n) is 10.2. The standard InChI is InChI=1S/C13H11F2NO3S/c14-13(15)19-10-5-7(12(17)18)1-3-9(10)11-4-2-8(6-16)20-11/h1-5,13H,6,16H2,(H,17,18). The van der Waals surface area contributed by atoms with Gasteiger partial charge in [-0.2, -0.15) is 8.78 Å². The number of ether oxygens (including phenoxy) is 1. The Labute approximate surface area is 117 Å². The number of rotatable bonds is 5. The van der Waals surface area contributed by atoms with Gasteiger partial charge >= 0.3 is 12.6 Å². The number of aromatic carboxylic acids is 1. The number of nitrogens with two attached hydrogens (primary N) is 1. The van der Waals surface area contributed by atoms with Gasteiger partial charge in [-0.15, -0.1) is 11.3 Å². The van der Waals surface area contributed by atoms with Gasteiger partial charge in [0.2, 0.25) is 0 Å². The Bertz CT molecular complexity index is 628. The van der Waals surface area contributed by atoms with Crippen molar-refractivity contribution in [3.63, 3.8) is 0 Å². The molecule has 0 spiro atoms. The highest BCUT2D eigenvalue weighted by Gasteiger charge is 2.15. The molecule has 0 unspecified atom stereocenters. The molecule has 0 saturated carbocycles. The molecule has 1 aromatic carbocycles. The largest absolute Gasteiger partial charge is 0.478 e. The fourth-order valence-corrected chi connectivity index (χ4v) is 2.60. The van der Waals surface area contributed by atoms with Crippen molar-refractivity contribution in [1.29, 1.82) is 0 Å². The maximum absolute atomic E-state index is 12.4. The van der Waals surface area contributed by atoms with E-state index in [1.54, 1.807) is 12.1 Å². The van der Waals surface area contributed by atoms with Crippen molar-refractivity contribution in [2.45, 2.75) is 13.2 Å². The number of carboxylic acid groups (broad SMARTS) is 1. The van der Waals surface area contributed by atoms with Gasteiger partial charge in [0, 0.05) is 21.9 Å². The molecule has 0 bridgehead atoms. The number of carboxylic acids is 1. The summed E-state index contributed by atoms with van der Waals surface area (Å²) in [5.74, 6) is -1.37. The summed E-state index contributed by atoms with van der Waals surface area (Å²) in [6.45, 7) is -2.67. The Morgan fingerprint density at radius 2 is 2.10 bits per heavy atom. The van der Waals surface area contributed by atoms with Gasteiger partial charge in [0.15, 0.2) is 0 Å². The molecule has 0 aliphatic rings. The van der Waals surface area contributed by atoms with Crippen LogP contribution in [0.3, 0.4) is 0 Å². The summed E-state index contributed by atoms with van der Waals surface area (Å²) in [6.07, 6.45) is 0. The molecular weight excluding hydrogens is 288 g/mol. The normalized spacial score (nSPS) is 10.8. The van der Waals surface area contributed by atoms with Gasteiger partial charge in [0.25, 0.3) is 0 Å². The first-order chi connectivity index (χ1) is 9.51. The summed E-state index contributed by atoms with van der Waals surface area (Å²) >= 11 is 1.34. The second kappa shape index (κ2) is 5.98. The third-order valence-electron chi connectivity index (χ3n) is 2.57. The first-order valence-electron chi connectivity index (χ1n) is 5.62. The number of hydrogen-bond acceptors (Lipinski definition) is 4. The van der Waals surface area contributed by atoms with E-state index in [1.165, 1.54) is 23.5 Å². The van der Waals surface area contributed by atoms with Crippen molar-refractivity contribution in [2.24, 2.45) is 5.73 Å². The SMILES string of the molecule is NCc1ccc(-c2ccc(C(=O)O)cc2OC(F)F)s1. The molecule has 0 atom stereocenters. The van der Waals surface area contributed by atoms with Crippen LogP contribution in [0.2, 0.25) is 0 Å². The van der Waals surface area contributed by atoms with Gasteiger partial charge < -0.3 is 15.6 Å². The van der Waals surface area contributed by atoms with E-state index >= 15 is 0 Å². The van der Waals surface area contributed by atoms with Gasteiger partial charge in [-0.05, 0) is 30.3 Å². The number of halogens is 2. The van der Waals surface area contributed by atoms with E-state index in [0.29, 0.717) is 17.0 Å². The molecule has 0 amide bonds. The molecule has 0 aliphatic heterocycles. The molecule has 0 radical (unpaired) electrons. The molecule has 1 heterocycles. The Hall–Kier alpha value is -1.99. The van der Waals surface area contributed by atoms with Crippen LogP contribution in [0.1, 0.15) is 15.2 Å². The number of hydrogen-bond donors (Lipinski definition) is 2. The number of alkyl halides is 2. The topological polar surface area (TPSA) is 72.6 Å². The monoisotopic (exact) mass is 299 g/mol. The molecule has 1 aromatic heterocycles. The van der Waals surface area contributed by atoms with Crippen molar-refractivity contribution in [3.05, 3.63) is 40.8 Å². The lowest BCUT2D eigenvalue weighted by atomic mass is 10.1. The first kappa shape index (κ1) is 14.4. The molecular formula is C13H11F2NO3S. The van der Waals surface area contributed by atoms with Crippen molar-refractivity contribution in [2.75, 3.05) is 0 Å².